The molecule has 1 heterocycles. The van der Waals surface area contributed by atoms with Gasteiger partial charge in [-0.25, -0.2) is 9.59 Å². The van der Waals surface area contributed by atoms with Crippen molar-refractivity contribution in [3.05, 3.63) is 40.9 Å². The molecule has 0 amide bonds. The first-order chi connectivity index (χ1) is 11.8. The van der Waals surface area contributed by atoms with Crippen LogP contribution in [0.1, 0.15) is 43.8 Å². The highest BCUT2D eigenvalue weighted by Gasteiger charge is 2.38. The van der Waals surface area contributed by atoms with Crippen LogP contribution in [0.3, 0.4) is 0 Å². The molecular formula is C17H18N2O6. The van der Waals surface area contributed by atoms with Gasteiger partial charge in [0, 0.05) is 19.7 Å². The predicted octanol–water partition coefficient (Wildman–Crippen LogP) is 0.870. The van der Waals surface area contributed by atoms with Gasteiger partial charge in [-0.15, -0.1) is 0 Å². The van der Waals surface area contributed by atoms with Crippen LogP contribution in [0.5, 0.6) is 0 Å². The highest BCUT2D eigenvalue weighted by Crippen LogP contribution is 2.33. The van der Waals surface area contributed by atoms with Gasteiger partial charge in [-0.2, -0.15) is 0 Å². The molecule has 0 aliphatic heterocycles. The number of ketones is 2. The number of Topliss-reactive ketones (excluding diaryl/α,β-unsaturated/α-hetero) is 1. The summed E-state index contributed by atoms with van der Waals surface area (Å²) in [6.07, 6.45) is 1.17. The third-order valence-corrected chi connectivity index (χ3v) is 3.85. The van der Waals surface area contributed by atoms with Crippen LogP contribution in [0.4, 0.5) is 0 Å². The second-order valence-corrected chi connectivity index (χ2v) is 5.25. The molecule has 1 aliphatic rings. The summed E-state index contributed by atoms with van der Waals surface area (Å²) in [5.74, 6) is -2.64. The fourth-order valence-electron chi connectivity index (χ4n) is 2.79. The molecule has 132 valence electrons. The molecule has 0 fully saturated rings. The SMILES string of the molecule is C=C(C(=O)OC)c1c(C(=O)OC)c2c(n1C)C(=O)C=C(NCC)C2=O. The van der Waals surface area contributed by atoms with Crippen molar-refractivity contribution < 1.29 is 28.7 Å². The molecule has 1 N–H and O–H groups in total. The van der Waals surface area contributed by atoms with Crippen molar-refractivity contribution in [2.75, 3.05) is 20.8 Å². The van der Waals surface area contributed by atoms with E-state index in [0.717, 1.165) is 14.2 Å². The van der Waals surface area contributed by atoms with Crippen LogP contribution in [0.25, 0.3) is 5.57 Å². The fraction of sp³-hybridized carbons (Fsp3) is 0.294. The number of methoxy groups -OCH3 is 2. The van der Waals surface area contributed by atoms with Crippen molar-refractivity contribution >= 4 is 29.1 Å². The number of carbonyl (C=O) groups excluding carboxylic acids is 4. The third-order valence-electron chi connectivity index (χ3n) is 3.85. The number of nitrogens with zero attached hydrogens (tertiary/aromatic N) is 1. The molecule has 0 spiro atoms. The lowest BCUT2D eigenvalue weighted by Crippen LogP contribution is -2.28. The minimum absolute atomic E-state index is 0.00731. The maximum absolute atomic E-state index is 12.8. The number of carbonyl (C=O) groups is 4. The van der Waals surface area contributed by atoms with Crippen molar-refractivity contribution in [3.63, 3.8) is 0 Å². The van der Waals surface area contributed by atoms with Crippen molar-refractivity contribution in [3.8, 4) is 0 Å². The lowest BCUT2D eigenvalue weighted by Gasteiger charge is -2.14. The molecule has 0 unspecified atom stereocenters. The van der Waals surface area contributed by atoms with E-state index in [-0.39, 0.29) is 33.8 Å². The normalized spacial score (nSPS) is 13.0. The van der Waals surface area contributed by atoms with Crippen LogP contribution in [-0.2, 0) is 21.3 Å². The van der Waals surface area contributed by atoms with Crippen molar-refractivity contribution in [2.24, 2.45) is 7.05 Å². The minimum Gasteiger partial charge on any atom is -0.465 e. The van der Waals surface area contributed by atoms with Gasteiger partial charge in [0.2, 0.25) is 11.6 Å². The number of nitrogens with one attached hydrogen (secondary N) is 1. The second kappa shape index (κ2) is 6.76. The van der Waals surface area contributed by atoms with Gasteiger partial charge >= 0.3 is 11.9 Å². The number of likely N-dealkylation sites (N-methyl/N-ethyl adjacent to an activating group) is 1. The van der Waals surface area contributed by atoms with Crippen molar-refractivity contribution in [1.82, 2.24) is 9.88 Å². The zero-order chi connectivity index (χ0) is 18.9. The van der Waals surface area contributed by atoms with E-state index in [1.54, 1.807) is 6.92 Å². The van der Waals surface area contributed by atoms with Gasteiger partial charge in [0.1, 0.15) is 5.69 Å². The highest BCUT2D eigenvalue weighted by molar-refractivity contribution is 6.29. The number of rotatable bonds is 5. The molecule has 0 radical (unpaired) electrons. The van der Waals surface area contributed by atoms with Gasteiger partial charge < -0.3 is 19.4 Å². The Morgan fingerprint density at radius 3 is 2.40 bits per heavy atom. The van der Waals surface area contributed by atoms with E-state index >= 15 is 0 Å². The van der Waals surface area contributed by atoms with Gasteiger partial charge in [-0.3, -0.25) is 9.59 Å². The first-order valence-electron chi connectivity index (χ1n) is 7.43. The largest absolute Gasteiger partial charge is 0.465 e. The predicted molar refractivity (Wildman–Crippen MR) is 88.2 cm³/mol. The Hall–Kier alpha value is -3.16. The van der Waals surface area contributed by atoms with Crippen LogP contribution in [-0.4, -0.2) is 48.8 Å². The molecule has 8 heteroatoms. The summed E-state index contributed by atoms with van der Waals surface area (Å²) < 4.78 is 10.7. The molecule has 8 nitrogen and oxygen atoms in total. The van der Waals surface area contributed by atoms with E-state index in [4.69, 9.17) is 4.74 Å². The Balaban J connectivity index is 2.82. The summed E-state index contributed by atoms with van der Waals surface area (Å²) >= 11 is 0. The summed E-state index contributed by atoms with van der Waals surface area (Å²) in [6.45, 7) is 5.81. The van der Waals surface area contributed by atoms with Crippen molar-refractivity contribution in [2.45, 2.75) is 6.92 Å². The topological polar surface area (TPSA) is 104 Å². The second-order valence-electron chi connectivity index (χ2n) is 5.25. The maximum Gasteiger partial charge on any atom is 0.340 e. The third kappa shape index (κ3) is 2.75. The Bertz CT molecular complexity index is 844. The average Bonchev–Trinajstić information content (AvgIpc) is 2.91. The first kappa shape index (κ1) is 18.2. The number of hydrogen-bond donors (Lipinski definition) is 1. The molecule has 1 aromatic rings. The van der Waals surface area contributed by atoms with E-state index in [1.165, 1.54) is 17.7 Å². The molecule has 0 saturated carbocycles. The zero-order valence-corrected chi connectivity index (χ0v) is 14.4. The standard InChI is InChI=1S/C17H18N2O6/c1-6-18-9-7-10(20)14-11(15(9)21)12(17(23)25-5)13(19(14)3)8(2)16(22)24-4/h7,18H,2,6H2,1,3-5H3. The zero-order valence-electron chi connectivity index (χ0n) is 14.4. The highest BCUT2D eigenvalue weighted by atomic mass is 16.5. The molecule has 1 aromatic heterocycles. The summed E-state index contributed by atoms with van der Waals surface area (Å²) in [5.41, 5.74) is -0.379. The summed E-state index contributed by atoms with van der Waals surface area (Å²) in [4.78, 5) is 49.5. The molecule has 1 aliphatic carbocycles. The summed E-state index contributed by atoms with van der Waals surface area (Å²) in [6, 6.07) is 0. The average molecular weight is 346 g/mol. The van der Waals surface area contributed by atoms with E-state index in [9.17, 15) is 19.2 Å². The number of ether oxygens (including phenoxy) is 2. The van der Waals surface area contributed by atoms with Crippen LogP contribution >= 0.6 is 0 Å². The summed E-state index contributed by atoms with van der Waals surface area (Å²) in [5, 5.41) is 2.80. The molecular weight excluding hydrogens is 328 g/mol. The maximum atomic E-state index is 12.8. The van der Waals surface area contributed by atoms with Crippen molar-refractivity contribution in [1.29, 1.82) is 0 Å². The van der Waals surface area contributed by atoms with E-state index < -0.39 is 23.5 Å². The minimum atomic E-state index is -0.851. The Morgan fingerprint density at radius 1 is 1.24 bits per heavy atom. The van der Waals surface area contributed by atoms with Crippen LogP contribution < -0.4 is 5.32 Å². The fourth-order valence-corrected chi connectivity index (χ4v) is 2.79. The van der Waals surface area contributed by atoms with Gasteiger partial charge in [-0.1, -0.05) is 6.58 Å². The first-order valence-corrected chi connectivity index (χ1v) is 7.43. The lowest BCUT2D eigenvalue weighted by molar-refractivity contribution is -0.133. The molecule has 2 rings (SSSR count). The smallest absolute Gasteiger partial charge is 0.340 e. The number of fused-ring (bicyclic) bond motifs is 1. The van der Waals surface area contributed by atoms with Gasteiger partial charge in [0.05, 0.1) is 42.3 Å². The Labute approximate surface area is 144 Å². The number of hydrogen-bond acceptors (Lipinski definition) is 7. The van der Waals surface area contributed by atoms with Crippen LogP contribution in [0, 0.1) is 0 Å². The number of aromatic nitrogens is 1. The molecule has 0 aromatic carbocycles. The molecule has 25 heavy (non-hydrogen) atoms. The Morgan fingerprint density at radius 2 is 1.88 bits per heavy atom. The van der Waals surface area contributed by atoms with E-state index in [1.807, 2.05) is 0 Å². The molecule has 0 atom stereocenters. The monoisotopic (exact) mass is 346 g/mol. The Kier molecular flexibility index (Phi) is 4.92. The van der Waals surface area contributed by atoms with Gasteiger partial charge in [0.15, 0.2) is 0 Å². The quantitative estimate of drug-likeness (QED) is 0.623. The van der Waals surface area contributed by atoms with E-state index in [2.05, 4.69) is 16.6 Å². The number of allylic oxidation sites excluding steroid dienone is 2. The molecule has 0 bridgehead atoms. The van der Waals surface area contributed by atoms with Crippen LogP contribution in [0.15, 0.2) is 18.4 Å². The van der Waals surface area contributed by atoms with Crippen LogP contribution in [0.2, 0.25) is 0 Å². The van der Waals surface area contributed by atoms with E-state index in [0.29, 0.717) is 6.54 Å². The van der Waals surface area contributed by atoms with Gasteiger partial charge in [0.25, 0.3) is 0 Å². The lowest BCUT2D eigenvalue weighted by atomic mass is 9.94. The molecule has 0 saturated heterocycles. The van der Waals surface area contributed by atoms with Gasteiger partial charge in [-0.05, 0) is 6.92 Å². The summed E-state index contributed by atoms with van der Waals surface area (Å²) in [7, 11) is 3.77. The number of esters is 2.